The van der Waals surface area contributed by atoms with Gasteiger partial charge in [-0.15, -0.1) is 0 Å². The van der Waals surface area contributed by atoms with Crippen LogP contribution in [0.3, 0.4) is 0 Å². The number of ketones is 1. The van der Waals surface area contributed by atoms with Crippen LogP contribution in [0.2, 0.25) is 0 Å². The molecule has 1 saturated heterocycles. The number of nitrogens with one attached hydrogen (secondary N) is 1. The molecule has 1 atom stereocenters. The molecule has 104 valence electrons. The van der Waals surface area contributed by atoms with Gasteiger partial charge in [0.1, 0.15) is 5.78 Å². The average molecular weight is 254 g/mol. The summed E-state index contributed by atoms with van der Waals surface area (Å²) in [5, 5.41) is 3.02. The molecule has 0 saturated carbocycles. The Kier molecular flexibility index (Phi) is 5.32. The fourth-order valence-corrected chi connectivity index (χ4v) is 2.33. The first-order valence-corrected chi connectivity index (χ1v) is 6.91. The van der Waals surface area contributed by atoms with Crippen molar-refractivity contribution in [3.05, 3.63) is 0 Å². The van der Waals surface area contributed by atoms with Crippen LogP contribution >= 0.6 is 0 Å². The van der Waals surface area contributed by atoms with Crippen LogP contribution in [0.1, 0.15) is 53.4 Å². The Hall–Kier alpha value is -0.900. The second-order valence-corrected chi connectivity index (χ2v) is 5.88. The quantitative estimate of drug-likeness (QED) is 0.813. The molecular formula is C14H26N2O2. The van der Waals surface area contributed by atoms with Gasteiger partial charge in [0.15, 0.2) is 0 Å². The number of hydrogen-bond donors (Lipinski definition) is 1. The van der Waals surface area contributed by atoms with Crippen molar-refractivity contribution in [3.8, 4) is 0 Å². The molecule has 1 rings (SSSR count). The van der Waals surface area contributed by atoms with Crippen molar-refractivity contribution in [2.45, 2.75) is 65.0 Å². The third kappa shape index (κ3) is 4.41. The van der Waals surface area contributed by atoms with E-state index in [0.717, 1.165) is 32.2 Å². The van der Waals surface area contributed by atoms with Crippen molar-refractivity contribution in [2.24, 2.45) is 0 Å². The van der Waals surface area contributed by atoms with Crippen LogP contribution in [0.5, 0.6) is 0 Å². The van der Waals surface area contributed by atoms with Gasteiger partial charge in [-0.1, -0.05) is 13.3 Å². The first-order valence-electron chi connectivity index (χ1n) is 6.91. The van der Waals surface area contributed by atoms with E-state index in [0.29, 0.717) is 6.54 Å². The Bertz CT molecular complexity index is 313. The lowest BCUT2D eigenvalue weighted by atomic mass is 9.98. The Labute approximate surface area is 110 Å². The average Bonchev–Trinajstić information content (AvgIpc) is 2.28. The summed E-state index contributed by atoms with van der Waals surface area (Å²) in [5.74, 6) is 0.201. The third-order valence-corrected chi connectivity index (χ3v) is 3.79. The lowest BCUT2D eigenvalue weighted by Crippen LogP contribution is -2.52. The van der Waals surface area contributed by atoms with E-state index in [4.69, 9.17) is 0 Å². The van der Waals surface area contributed by atoms with Crippen LogP contribution < -0.4 is 5.32 Å². The third-order valence-electron chi connectivity index (χ3n) is 3.79. The van der Waals surface area contributed by atoms with Crippen molar-refractivity contribution >= 4 is 11.7 Å². The summed E-state index contributed by atoms with van der Waals surface area (Å²) in [6, 6.07) is -0.0609. The van der Waals surface area contributed by atoms with Crippen molar-refractivity contribution < 1.29 is 9.59 Å². The Morgan fingerprint density at radius 1 is 1.33 bits per heavy atom. The number of carbonyl (C=O) groups is 2. The largest absolute Gasteiger partial charge is 0.350 e. The minimum absolute atomic E-state index is 0.0231. The Morgan fingerprint density at radius 2 is 2.00 bits per heavy atom. The molecular weight excluding hydrogens is 228 g/mol. The molecule has 1 aliphatic rings. The predicted octanol–water partition coefficient (Wildman–Crippen LogP) is 1.73. The lowest BCUT2D eigenvalue weighted by molar-refractivity contribution is -0.128. The fraction of sp³-hybridized carbons (Fsp3) is 0.857. The van der Waals surface area contributed by atoms with Crippen LogP contribution in [-0.2, 0) is 9.59 Å². The van der Waals surface area contributed by atoms with Gasteiger partial charge in [0, 0.05) is 5.54 Å². The first kappa shape index (κ1) is 15.2. The Morgan fingerprint density at radius 3 is 2.56 bits per heavy atom. The number of likely N-dealkylation sites (tertiary alicyclic amines) is 1. The molecule has 0 radical (unpaired) electrons. The molecule has 1 N–H and O–H groups in total. The molecule has 0 aromatic heterocycles. The van der Waals surface area contributed by atoms with E-state index in [-0.39, 0.29) is 23.3 Å². The number of hydrogen-bond acceptors (Lipinski definition) is 3. The van der Waals surface area contributed by atoms with Crippen molar-refractivity contribution in [3.63, 3.8) is 0 Å². The molecule has 1 unspecified atom stereocenters. The zero-order valence-electron chi connectivity index (χ0n) is 12.1. The number of amides is 1. The van der Waals surface area contributed by atoms with Gasteiger partial charge in [-0.3, -0.25) is 14.5 Å². The van der Waals surface area contributed by atoms with Crippen LogP contribution in [0.15, 0.2) is 0 Å². The Balaban J connectivity index is 2.54. The zero-order chi connectivity index (χ0) is 13.8. The highest BCUT2D eigenvalue weighted by Gasteiger charge is 2.28. The maximum atomic E-state index is 12.0. The topological polar surface area (TPSA) is 49.4 Å². The minimum atomic E-state index is -0.168. The van der Waals surface area contributed by atoms with Crippen LogP contribution in [0.4, 0.5) is 0 Å². The molecule has 1 amide bonds. The standard InChI is InChI=1S/C14H26N2O2/c1-5-14(3,4)15-13(18)10-16-9-7-6-8-12(16)11(2)17/h12H,5-10H2,1-4H3,(H,15,18). The molecule has 0 spiro atoms. The molecule has 1 fully saturated rings. The van der Waals surface area contributed by atoms with E-state index < -0.39 is 0 Å². The van der Waals surface area contributed by atoms with Gasteiger partial charge in [-0.25, -0.2) is 0 Å². The first-order chi connectivity index (χ1) is 8.35. The van der Waals surface area contributed by atoms with E-state index in [9.17, 15) is 9.59 Å². The molecule has 4 heteroatoms. The number of Topliss-reactive ketones (excluding diaryl/α,β-unsaturated/α-hetero) is 1. The highest BCUT2D eigenvalue weighted by Crippen LogP contribution is 2.17. The van der Waals surface area contributed by atoms with Crippen LogP contribution in [0, 0.1) is 0 Å². The SMILES string of the molecule is CCC(C)(C)NC(=O)CN1CCCCC1C(C)=O. The van der Waals surface area contributed by atoms with Crippen LogP contribution in [0.25, 0.3) is 0 Å². The van der Waals surface area contributed by atoms with Crippen molar-refractivity contribution in [1.29, 1.82) is 0 Å². The van der Waals surface area contributed by atoms with Gasteiger partial charge < -0.3 is 5.32 Å². The number of rotatable bonds is 5. The predicted molar refractivity (Wildman–Crippen MR) is 72.4 cm³/mol. The van der Waals surface area contributed by atoms with Gasteiger partial charge in [0.05, 0.1) is 12.6 Å². The van der Waals surface area contributed by atoms with Gasteiger partial charge in [-0.2, -0.15) is 0 Å². The molecule has 0 aromatic carbocycles. The van der Waals surface area contributed by atoms with Crippen molar-refractivity contribution in [2.75, 3.05) is 13.1 Å². The van der Waals surface area contributed by atoms with E-state index in [1.807, 2.05) is 18.7 Å². The summed E-state index contributed by atoms with van der Waals surface area (Å²) in [6.07, 6.45) is 3.95. The number of carbonyl (C=O) groups excluding carboxylic acids is 2. The monoisotopic (exact) mass is 254 g/mol. The maximum Gasteiger partial charge on any atom is 0.234 e. The van der Waals surface area contributed by atoms with E-state index in [2.05, 4.69) is 12.2 Å². The summed E-state index contributed by atoms with van der Waals surface area (Å²) in [6.45, 7) is 8.90. The molecule has 0 aliphatic carbocycles. The molecule has 1 heterocycles. The second kappa shape index (κ2) is 6.32. The highest BCUT2D eigenvalue weighted by atomic mass is 16.2. The summed E-state index contributed by atoms with van der Waals surface area (Å²) in [7, 11) is 0. The smallest absolute Gasteiger partial charge is 0.234 e. The second-order valence-electron chi connectivity index (χ2n) is 5.88. The number of piperidine rings is 1. The van der Waals surface area contributed by atoms with E-state index >= 15 is 0 Å². The minimum Gasteiger partial charge on any atom is -0.350 e. The molecule has 0 bridgehead atoms. The molecule has 0 aromatic rings. The summed E-state index contributed by atoms with van der Waals surface area (Å²) >= 11 is 0. The number of nitrogens with zero attached hydrogens (tertiary/aromatic N) is 1. The summed E-state index contributed by atoms with van der Waals surface area (Å²) in [4.78, 5) is 25.6. The summed E-state index contributed by atoms with van der Waals surface area (Å²) in [5.41, 5.74) is -0.168. The molecule has 18 heavy (non-hydrogen) atoms. The highest BCUT2D eigenvalue weighted by molar-refractivity contribution is 5.83. The maximum absolute atomic E-state index is 12.0. The van der Waals surface area contributed by atoms with Gasteiger partial charge in [0.2, 0.25) is 5.91 Å². The zero-order valence-corrected chi connectivity index (χ0v) is 12.1. The lowest BCUT2D eigenvalue weighted by Gasteiger charge is -2.34. The fourth-order valence-electron chi connectivity index (χ4n) is 2.33. The molecule has 1 aliphatic heterocycles. The van der Waals surface area contributed by atoms with Gasteiger partial charge in [-0.05, 0) is 46.6 Å². The van der Waals surface area contributed by atoms with Crippen molar-refractivity contribution in [1.82, 2.24) is 10.2 Å². The van der Waals surface area contributed by atoms with E-state index in [1.165, 1.54) is 0 Å². The van der Waals surface area contributed by atoms with Gasteiger partial charge in [0.25, 0.3) is 0 Å². The van der Waals surface area contributed by atoms with Crippen LogP contribution in [-0.4, -0.2) is 41.3 Å². The summed E-state index contributed by atoms with van der Waals surface area (Å²) < 4.78 is 0. The molecule has 4 nitrogen and oxygen atoms in total. The van der Waals surface area contributed by atoms with E-state index in [1.54, 1.807) is 6.92 Å². The van der Waals surface area contributed by atoms with Gasteiger partial charge >= 0.3 is 0 Å². The normalized spacial score (nSPS) is 21.7.